The monoisotopic (exact) mass is 524 g/mol. The lowest BCUT2D eigenvalue weighted by Crippen LogP contribution is -2.43. The molecule has 0 spiro atoms. The Balaban J connectivity index is 1.72. The number of rotatable bonds is 12. The van der Waals surface area contributed by atoms with Crippen molar-refractivity contribution in [1.82, 2.24) is 14.6 Å². The first-order valence-electron chi connectivity index (χ1n) is 11.7. The number of benzene rings is 1. The van der Waals surface area contributed by atoms with Gasteiger partial charge in [-0.2, -0.15) is 10.1 Å². The number of carbonyl (C=O) groups is 1. The summed E-state index contributed by atoms with van der Waals surface area (Å²) in [5, 5.41) is 2.74. The maximum Gasteiger partial charge on any atom is 0.459 e. The zero-order valence-electron chi connectivity index (χ0n) is 20.7. The number of nitrogens with one attached hydrogen (secondary N) is 1. The fraction of sp³-hybridized carbons (Fsp3) is 0.522. The van der Waals surface area contributed by atoms with E-state index in [9.17, 15) is 14.2 Å². The molecule has 0 saturated carbocycles. The number of carbonyl (C=O) groups excluding carboxylic acids is 1. The second kappa shape index (κ2) is 12.5. The number of esters is 1. The quantitative estimate of drug-likeness (QED) is 0.311. The highest BCUT2D eigenvalue weighted by Crippen LogP contribution is 2.46. The summed E-state index contributed by atoms with van der Waals surface area (Å²) in [6, 6.07) is 8.92. The van der Waals surface area contributed by atoms with Crippen molar-refractivity contribution < 1.29 is 32.6 Å². The van der Waals surface area contributed by atoms with Crippen LogP contribution in [0.1, 0.15) is 40.3 Å². The van der Waals surface area contributed by atoms with E-state index < -0.39 is 38.0 Å². The summed E-state index contributed by atoms with van der Waals surface area (Å²) in [6.07, 6.45) is 0.0478. The van der Waals surface area contributed by atoms with Crippen LogP contribution in [0.4, 0.5) is 5.82 Å². The number of nitrogens with zero attached hydrogens (tertiary/aromatic N) is 2. The van der Waals surface area contributed by atoms with Crippen molar-refractivity contribution in [3.8, 4) is 5.75 Å². The van der Waals surface area contributed by atoms with Crippen LogP contribution < -0.4 is 21.0 Å². The minimum atomic E-state index is -4.13. The molecule has 1 saturated heterocycles. The number of anilines is 1. The summed E-state index contributed by atoms with van der Waals surface area (Å²) in [4.78, 5) is 28.5. The number of para-hydroxylation sites is 1. The average molecular weight is 525 g/mol. The van der Waals surface area contributed by atoms with Gasteiger partial charge in [-0.3, -0.25) is 13.9 Å². The summed E-state index contributed by atoms with van der Waals surface area (Å²) in [6.45, 7) is 6.97. The van der Waals surface area contributed by atoms with E-state index in [1.165, 1.54) is 16.8 Å². The predicted octanol–water partition coefficient (Wildman–Crippen LogP) is 2.86. The number of nitrogens with two attached hydrogens (primary N) is 1. The van der Waals surface area contributed by atoms with E-state index in [1.807, 2.05) is 6.92 Å². The van der Waals surface area contributed by atoms with E-state index in [0.29, 0.717) is 6.42 Å². The second-order valence-electron chi connectivity index (χ2n) is 8.60. The van der Waals surface area contributed by atoms with Gasteiger partial charge in [-0.15, -0.1) is 0 Å². The first-order valence-corrected chi connectivity index (χ1v) is 13.2. The molecule has 0 aliphatic carbocycles. The van der Waals surface area contributed by atoms with Crippen molar-refractivity contribution in [1.29, 1.82) is 0 Å². The Morgan fingerprint density at radius 3 is 2.64 bits per heavy atom. The van der Waals surface area contributed by atoms with Crippen LogP contribution in [0.3, 0.4) is 0 Å². The van der Waals surface area contributed by atoms with Gasteiger partial charge in [0.2, 0.25) is 0 Å². The summed E-state index contributed by atoms with van der Waals surface area (Å²) in [7, 11) is -4.13. The Hall–Kier alpha value is -2.76. The van der Waals surface area contributed by atoms with Gasteiger partial charge in [0.1, 0.15) is 24.2 Å². The Bertz CT molecular complexity index is 1110. The Labute approximate surface area is 209 Å². The van der Waals surface area contributed by atoms with Crippen LogP contribution >= 0.6 is 7.75 Å². The van der Waals surface area contributed by atoms with E-state index in [0.717, 1.165) is 0 Å². The Kier molecular flexibility index (Phi) is 9.63. The molecule has 12 nitrogen and oxygen atoms in total. The van der Waals surface area contributed by atoms with Gasteiger partial charge in [0, 0.05) is 6.20 Å². The van der Waals surface area contributed by atoms with Crippen molar-refractivity contribution >= 4 is 19.5 Å². The molecule has 2 aromatic rings. The van der Waals surface area contributed by atoms with Gasteiger partial charge in [0.15, 0.2) is 12.5 Å². The van der Waals surface area contributed by atoms with E-state index in [-0.39, 0.29) is 36.8 Å². The van der Waals surface area contributed by atoms with Gasteiger partial charge in [-0.1, -0.05) is 39.0 Å². The lowest BCUT2D eigenvalue weighted by atomic mass is 10.1. The standard InChI is InChI=1S/C23H33N4O8P/c1-5-16(4)33-22(28)21(15(2)3)26-36(30,35-17-9-7-6-8-10-17)32-14-20-31-13-19(34-20)27-12-11-18(24)25-23(27)29/h6-12,15-16,19-21H,5,13-14H2,1-4H3,(H,26,30)(H2,24,25,29)/t16?,19-,20-,21-,36?/m0/s1. The molecule has 1 aromatic carbocycles. The van der Waals surface area contributed by atoms with Crippen LogP contribution in [0.2, 0.25) is 0 Å². The maximum absolute atomic E-state index is 13.8. The molecule has 1 fully saturated rings. The fourth-order valence-electron chi connectivity index (χ4n) is 3.19. The number of ether oxygens (including phenoxy) is 3. The van der Waals surface area contributed by atoms with Crippen LogP contribution in [0, 0.1) is 5.92 Å². The molecule has 1 aromatic heterocycles. The largest absolute Gasteiger partial charge is 0.462 e. The fourth-order valence-corrected chi connectivity index (χ4v) is 4.83. The normalized spacial score (nSPS) is 21.0. The lowest BCUT2D eigenvalue weighted by Gasteiger charge is -2.28. The summed E-state index contributed by atoms with van der Waals surface area (Å²) in [5.41, 5.74) is 4.93. The first kappa shape index (κ1) is 27.8. The molecule has 5 atom stereocenters. The van der Waals surface area contributed by atoms with Gasteiger partial charge in [0.05, 0.1) is 12.7 Å². The molecule has 3 rings (SSSR count). The van der Waals surface area contributed by atoms with Gasteiger partial charge in [-0.25, -0.2) is 9.36 Å². The molecule has 1 aliphatic rings. The van der Waals surface area contributed by atoms with Gasteiger partial charge >= 0.3 is 19.4 Å². The Morgan fingerprint density at radius 1 is 1.28 bits per heavy atom. The first-order chi connectivity index (χ1) is 17.1. The summed E-state index contributed by atoms with van der Waals surface area (Å²) >= 11 is 0. The molecule has 2 heterocycles. The molecule has 2 unspecified atom stereocenters. The van der Waals surface area contributed by atoms with E-state index in [2.05, 4.69) is 10.1 Å². The van der Waals surface area contributed by atoms with Crippen molar-refractivity contribution in [2.45, 2.75) is 58.8 Å². The second-order valence-corrected chi connectivity index (χ2v) is 10.3. The summed E-state index contributed by atoms with van der Waals surface area (Å²) in [5.74, 6) is -0.488. The molecule has 13 heteroatoms. The highest BCUT2D eigenvalue weighted by atomic mass is 31.2. The number of aromatic nitrogens is 2. The maximum atomic E-state index is 13.8. The van der Waals surface area contributed by atoms with Crippen molar-refractivity contribution in [3.63, 3.8) is 0 Å². The highest BCUT2D eigenvalue weighted by Gasteiger charge is 2.38. The molecule has 36 heavy (non-hydrogen) atoms. The molecule has 0 bridgehead atoms. The highest BCUT2D eigenvalue weighted by molar-refractivity contribution is 7.52. The molecule has 1 aliphatic heterocycles. The number of hydrogen-bond donors (Lipinski definition) is 2. The average Bonchev–Trinajstić information content (AvgIpc) is 3.30. The minimum Gasteiger partial charge on any atom is -0.462 e. The van der Waals surface area contributed by atoms with Gasteiger partial charge in [-0.05, 0) is 37.5 Å². The molecule has 3 N–H and O–H groups in total. The Morgan fingerprint density at radius 2 is 2.00 bits per heavy atom. The van der Waals surface area contributed by atoms with Gasteiger partial charge < -0.3 is 24.5 Å². The lowest BCUT2D eigenvalue weighted by molar-refractivity contribution is -0.151. The summed E-state index contributed by atoms with van der Waals surface area (Å²) < 4.78 is 43.1. The molecular weight excluding hydrogens is 491 g/mol. The molecule has 198 valence electrons. The molecular formula is C23H33N4O8P. The topological polar surface area (TPSA) is 153 Å². The zero-order chi connectivity index (χ0) is 26.3. The van der Waals surface area contributed by atoms with Crippen LogP contribution in [0.5, 0.6) is 5.75 Å². The molecule has 0 radical (unpaired) electrons. The molecule has 0 amide bonds. The third-order valence-electron chi connectivity index (χ3n) is 5.35. The third kappa shape index (κ3) is 7.62. The van der Waals surface area contributed by atoms with E-state index >= 15 is 0 Å². The number of hydrogen-bond acceptors (Lipinski definition) is 10. The van der Waals surface area contributed by atoms with Crippen LogP contribution in [-0.2, 0) is 28.1 Å². The van der Waals surface area contributed by atoms with Crippen molar-refractivity contribution in [3.05, 3.63) is 53.1 Å². The SMILES string of the molecule is CCC(C)OC(=O)[C@@H](NP(=O)(OC[C@H]1OC[C@@H](n2ccc(N)nc2=O)O1)Oc1ccccc1)C(C)C. The van der Waals surface area contributed by atoms with Crippen molar-refractivity contribution in [2.75, 3.05) is 18.9 Å². The third-order valence-corrected chi connectivity index (χ3v) is 6.89. The zero-order valence-corrected chi connectivity index (χ0v) is 21.6. The van der Waals surface area contributed by atoms with E-state index in [4.69, 9.17) is 29.0 Å². The van der Waals surface area contributed by atoms with Crippen LogP contribution in [0.15, 0.2) is 47.4 Å². The smallest absolute Gasteiger partial charge is 0.459 e. The van der Waals surface area contributed by atoms with Gasteiger partial charge in [0.25, 0.3) is 0 Å². The predicted molar refractivity (Wildman–Crippen MR) is 131 cm³/mol. The number of nitrogen functional groups attached to an aromatic ring is 1. The van der Waals surface area contributed by atoms with Crippen LogP contribution in [0.25, 0.3) is 0 Å². The van der Waals surface area contributed by atoms with E-state index in [1.54, 1.807) is 51.1 Å². The van der Waals surface area contributed by atoms with Crippen LogP contribution in [-0.4, -0.2) is 47.2 Å². The minimum absolute atomic E-state index is 0.0344. The van der Waals surface area contributed by atoms with Crippen molar-refractivity contribution in [2.24, 2.45) is 5.92 Å².